The van der Waals surface area contributed by atoms with Crippen LogP contribution < -0.4 is 0 Å². The summed E-state index contributed by atoms with van der Waals surface area (Å²) >= 11 is 0. The Kier molecular flexibility index (Phi) is 9.53. The molecule has 0 aromatic rings. The predicted octanol–water partition coefficient (Wildman–Crippen LogP) is 4.53. The minimum absolute atomic E-state index is 0.456. The molecular weight excluding hydrogens is 258 g/mol. The molecule has 1 unspecified atom stereocenters. The molecule has 124 valence electrons. The van der Waals surface area contributed by atoms with Gasteiger partial charge in [-0.05, 0) is 46.0 Å². The third kappa shape index (κ3) is 6.71. The van der Waals surface area contributed by atoms with Crippen molar-refractivity contribution >= 4 is 5.96 Å². The molecule has 1 aliphatic heterocycles. The first kappa shape index (κ1) is 18.3. The van der Waals surface area contributed by atoms with E-state index in [9.17, 15) is 0 Å². The highest BCUT2D eigenvalue weighted by Gasteiger charge is 2.20. The van der Waals surface area contributed by atoms with E-state index in [-0.39, 0.29) is 0 Å². The lowest BCUT2D eigenvalue weighted by molar-refractivity contribution is 0.279. The number of rotatable bonds is 8. The third-order valence-corrected chi connectivity index (χ3v) is 4.40. The Morgan fingerprint density at radius 1 is 1.05 bits per heavy atom. The summed E-state index contributed by atoms with van der Waals surface area (Å²) in [5.74, 6) is 1.29. The van der Waals surface area contributed by atoms with Crippen LogP contribution in [0.25, 0.3) is 0 Å². The van der Waals surface area contributed by atoms with Gasteiger partial charge in [0.05, 0.1) is 6.04 Å². The molecule has 1 saturated heterocycles. The zero-order chi connectivity index (χ0) is 15.5. The van der Waals surface area contributed by atoms with Gasteiger partial charge in [-0.1, -0.05) is 33.1 Å². The first-order chi connectivity index (χ1) is 10.2. The molecule has 1 aliphatic rings. The molecule has 1 rings (SSSR count). The number of nitrogens with zero attached hydrogens (tertiary/aromatic N) is 3. The minimum atomic E-state index is 0.456. The van der Waals surface area contributed by atoms with Crippen LogP contribution in [0.1, 0.15) is 79.1 Å². The monoisotopic (exact) mass is 295 g/mol. The zero-order valence-corrected chi connectivity index (χ0v) is 14.9. The lowest BCUT2D eigenvalue weighted by atomic mass is 10.1. The summed E-state index contributed by atoms with van der Waals surface area (Å²) in [6.45, 7) is 13.7. The number of hydrogen-bond acceptors (Lipinski definition) is 1. The average Bonchev–Trinajstić information content (AvgIpc) is 2.53. The van der Waals surface area contributed by atoms with Crippen molar-refractivity contribution in [3.05, 3.63) is 0 Å². The van der Waals surface area contributed by atoms with E-state index in [0.717, 1.165) is 13.1 Å². The molecule has 21 heavy (non-hydrogen) atoms. The standard InChI is InChI=1S/C18H37N3/c1-5-8-13-17(4)19-18(20(7-3)14-9-6-2)21-15-11-10-12-16-21/h17H,5-16H2,1-4H3. The molecule has 3 nitrogen and oxygen atoms in total. The molecule has 0 saturated carbocycles. The quantitative estimate of drug-likeness (QED) is 0.484. The van der Waals surface area contributed by atoms with E-state index in [1.165, 1.54) is 70.4 Å². The number of likely N-dealkylation sites (tertiary alicyclic amines) is 1. The predicted molar refractivity (Wildman–Crippen MR) is 94.0 cm³/mol. The van der Waals surface area contributed by atoms with Gasteiger partial charge in [-0.15, -0.1) is 0 Å². The van der Waals surface area contributed by atoms with Crippen LogP contribution >= 0.6 is 0 Å². The topological polar surface area (TPSA) is 18.8 Å². The molecule has 0 radical (unpaired) electrons. The largest absolute Gasteiger partial charge is 0.343 e. The Morgan fingerprint density at radius 3 is 2.29 bits per heavy atom. The van der Waals surface area contributed by atoms with Crippen LogP contribution in [-0.4, -0.2) is 48.0 Å². The van der Waals surface area contributed by atoms with E-state index in [1.54, 1.807) is 0 Å². The van der Waals surface area contributed by atoms with Crippen molar-refractivity contribution in [2.75, 3.05) is 26.2 Å². The fraction of sp³-hybridized carbons (Fsp3) is 0.944. The maximum Gasteiger partial charge on any atom is 0.196 e. The van der Waals surface area contributed by atoms with Crippen molar-refractivity contribution in [2.45, 2.75) is 85.1 Å². The fourth-order valence-electron chi connectivity index (χ4n) is 2.97. The van der Waals surface area contributed by atoms with E-state index in [1.807, 2.05) is 0 Å². The highest BCUT2D eigenvalue weighted by molar-refractivity contribution is 5.80. The van der Waals surface area contributed by atoms with Crippen LogP contribution in [0.2, 0.25) is 0 Å². The number of unbranched alkanes of at least 4 members (excludes halogenated alkanes) is 2. The molecule has 0 spiro atoms. The van der Waals surface area contributed by atoms with Gasteiger partial charge in [-0.2, -0.15) is 0 Å². The third-order valence-electron chi connectivity index (χ3n) is 4.40. The molecule has 1 heterocycles. The van der Waals surface area contributed by atoms with Gasteiger partial charge in [0.15, 0.2) is 5.96 Å². The summed E-state index contributed by atoms with van der Waals surface area (Å²) in [6.07, 6.45) is 10.3. The maximum absolute atomic E-state index is 5.13. The van der Waals surface area contributed by atoms with Crippen LogP contribution in [0.3, 0.4) is 0 Å². The summed E-state index contributed by atoms with van der Waals surface area (Å²) < 4.78 is 0. The van der Waals surface area contributed by atoms with Gasteiger partial charge in [0, 0.05) is 26.2 Å². The van der Waals surface area contributed by atoms with Crippen molar-refractivity contribution in [3.8, 4) is 0 Å². The van der Waals surface area contributed by atoms with E-state index >= 15 is 0 Å². The van der Waals surface area contributed by atoms with E-state index in [4.69, 9.17) is 4.99 Å². The normalized spacial score (nSPS) is 17.9. The Morgan fingerprint density at radius 2 is 1.71 bits per heavy atom. The van der Waals surface area contributed by atoms with Gasteiger partial charge in [0.25, 0.3) is 0 Å². The number of hydrogen-bond donors (Lipinski definition) is 0. The average molecular weight is 296 g/mol. The second-order valence-corrected chi connectivity index (χ2v) is 6.40. The minimum Gasteiger partial charge on any atom is -0.343 e. The first-order valence-corrected chi connectivity index (χ1v) is 9.30. The van der Waals surface area contributed by atoms with Crippen LogP contribution in [0.15, 0.2) is 4.99 Å². The van der Waals surface area contributed by atoms with Crippen LogP contribution in [0.4, 0.5) is 0 Å². The Bertz CT molecular complexity index is 282. The van der Waals surface area contributed by atoms with Crippen molar-refractivity contribution in [1.29, 1.82) is 0 Å². The summed E-state index contributed by atoms with van der Waals surface area (Å²) in [6, 6.07) is 0.456. The van der Waals surface area contributed by atoms with Gasteiger partial charge in [0.2, 0.25) is 0 Å². The number of piperidine rings is 1. The van der Waals surface area contributed by atoms with Crippen LogP contribution in [0.5, 0.6) is 0 Å². The smallest absolute Gasteiger partial charge is 0.196 e. The van der Waals surface area contributed by atoms with E-state index < -0.39 is 0 Å². The second kappa shape index (κ2) is 10.9. The van der Waals surface area contributed by atoms with E-state index in [2.05, 4.69) is 37.5 Å². The molecular formula is C18H37N3. The maximum atomic E-state index is 5.13. The second-order valence-electron chi connectivity index (χ2n) is 6.40. The Balaban J connectivity index is 2.77. The highest BCUT2D eigenvalue weighted by Crippen LogP contribution is 2.14. The van der Waals surface area contributed by atoms with Crippen LogP contribution in [0, 0.1) is 0 Å². The van der Waals surface area contributed by atoms with Gasteiger partial charge in [-0.3, -0.25) is 0 Å². The Hall–Kier alpha value is -0.730. The lowest BCUT2D eigenvalue weighted by Gasteiger charge is -2.37. The number of aliphatic imine (C=N–C) groups is 1. The molecule has 0 aromatic heterocycles. The van der Waals surface area contributed by atoms with Crippen LogP contribution in [-0.2, 0) is 0 Å². The fourth-order valence-corrected chi connectivity index (χ4v) is 2.97. The summed E-state index contributed by atoms with van der Waals surface area (Å²) in [5, 5.41) is 0. The van der Waals surface area contributed by atoms with Gasteiger partial charge >= 0.3 is 0 Å². The van der Waals surface area contributed by atoms with Gasteiger partial charge < -0.3 is 9.80 Å². The number of guanidine groups is 1. The molecule has 3 heteroatoms. The summed E-state index contributed by atoms with van der Waals surface area (Å²) in [4.78, 5) is 10.2. The first-order valence-electron chi connectivity index (χ1n) is 9.30. The van der Waals surface area contributed by atoms with E-state index in [0.29, 0.717) is 6.04 Å². The SMILES string of the molecule is CCCCC(C)N=C(N(CC)CCCC)N1CCCCC1. The van der Waals surface area contributed by atoms with Gasteiger partial charge in [0.1, 0.15) is 0 Å². The summed E-state index contributed by atoms with van der Waals surface area (Å²) in [7, 11) is 0. The zero-order valence-electron chi connectivity index (χ0n) is 14.9. The highest BCUT2D eigenvalue weighted by atomic mass is 15.4. The lowest BCUT2D eigenvalue weighted by Crippen LogP contribution is -2.47. The van der Waals surface area contributed by atoms with Crippen molar-refractivity contribution < 1.29 is 0 Å². The van der Waals surface area contributed by atoms with Gasteiger partial charge in [-0.25, -0.2) is 4.99 Å². The molecule has 0 N–H and O–H groups in total. The van der Waals surface area contributed by atoms with Crippen molar-refractivity contribution in [2.24, 2.45) is 4.99 Å². The van der Waals surface area contributed by atoms with Crippen molar-refractivity contribution in [3.63, 3.8) is 0 Å². The molecule has 0 amide bonds. The molecule has 1 atom stereocenters. The van der Waals surface area contributed by atoms with Crippen molar-refractivity contribution in [1.82, 2.24) is 9.80 Å². The molecule has 0 bridgehead atoms. The molecule has 1 fully saturated rings. The molecule has 0 aliphatic carbocycles. The summed E-state index contributed by atoms with van der Waals surface area (Å²) in [5.41, 5.74) is 0. The molecule has 0 aromatic carbocycles. The Labute approximate surface area is 132 Å².